The lowest BCUT2D eigenvalue weighted by atomic mass is 10.1. The van der Waals surface area contributed by atoms with E-state index in [0.29, 0.717) is 54.1 Å². The number of amides is 1. The number of piperazine rings is 1. The van der Waals surface area contributed by atoms with Gasteiger partial charge in [0.2, 0.25) is 5.88 Å². The zero-order chi connectivity index (χ0) is 24.5. The summed E-state index contributed by atoms with van der Waals surface area (Å²) < 4.78 is 48.8. The Balaban J connectivity index is 1.43. The average Bonchev–Trinajstić information content (AvgIpc) is 3.15. The zero-order valence-electron chi connectivity index (χ0n) is 19.1. The molecule has 1 aromatic carbocycles. The van der Waals surface area contributed by atoms with Gasteiger partial charge in [0, 0.05) is 39.8 Å². The Morgan fingerprint density at radius 3 is 2.35 bits per heavy atom. The first-order valence-corrected chi connectivity index (χ1v) is 11.5. The van der Waals surface area contributed by atoms with Crippen molar-refractivity contribution in [2.75, 3.05) is 40.4 Å². The average molecular weight is 495 g/mol. The summed E-state index contributed by atoms with van der Waals surface area (Å²) in [5.74, 6) is 0.847. The third kappa shape index (κ3) is 5.01. The van der Waals surface area contributed by atoms with Gasteiger partial charge in [0.05, 0.1) is 22.9 Å². The maximum absolute atomic E-state index is 13.3. The predicted octanol–water partition coefficient (Wildman–Crippen LogP) is 4.13. The molecule has 0 spiro atoms. The van der Waals surface area contributed by atoms with Crippen molar-refractivity contribution in [2.45, 2.75) is 26.3 Å². The predicted molar refractivity (Wildman–Crippen MR) is 122 cm³/mol. The minimum absolute atomic E-state index is 0.0648. The van der Waals surface area contributed by atoms with Crippen LogP contribution in [0.2, 0.25) is 0 Å². The molecule has 0 bridgehead atoms. The molecule has 0 unspecified atom stereocenters. The number of carbonyl (C=O) groups excluding carboxylic acids is 1. The highest BCUT2D eigenvalue weighted by Crippen LogP contribution is 2.36. The standard InChI is InChI=1S/C23H25F3N4O3S/c1-14-18-20(33-3)27-17(13-32-2)28-21(18)34-19(14)22(31)30-10-8-29(9-11-30)12-15-4-6-16(7-5-15)23(24,25)26/h4-7H,8-13H2,1-3H3. The summed E-state index contributed by atoms with van der Waals surface area (Å²) in [6, 6.07) is 5.23. The Labute approximate surface area is 199 Å². The maximum atomic E-state index is 13.3. The molecule has 4 rings (SSSR count). The topological polar surface area (TPSA) is 67.8 Å². The summed E-state index contributed by atoms with van der Waals surface area (Å²) in [5, 5.41) is 0.733. The number of hydrogen-bond donors (Lipinski definition) is 0. The molecular formula is C23H25F3N4O3S. The number of fused-ring (bicyclic) bond motifs is 1. The molecule has 1 aliphatic heterocycles. The monoisotopic (exact) mass is 494 g/mol. The molecule has 0 radical (unpaired) electrons. The van der Waals surface area contributed by atoms with Crippen LogP contribution in [0.3, 0.4) is 0 Å². The quantitative estimate of drug-likeness (QED) is 0.513. The smallest absolute Gasteiger partial charge is 0.416 e. The number of hydrogen-bond acceptors (Lipinski definition) is 7. The second kappa shape index (κ2) is 9.85. The normalized spacial score (nSPS) is 15.2. The summed E-state index contributed by atoms with van der Waals surface area (Å²) in [5.41, 5.74) is 0.949. The van der Waals surface area contributed by atoms with Gasteiger partial charge in [0.15, 0.2) is 5.82 Å². The lowest BCUT2D eigenvalue weighted by Gasteiger charge is -2.34. The van der Waals surface area contributed by atoms with Crippen molar-refractivity contribution in [3.8, 4) is 5.88 Å². The van der Waals surface area contributed by atoms with Crippen LogP contribution in [0.25, 0.3) is 10.2 Å². The number of alkyl halides is 3. The molecule has 0 N–H and O–H groups in total. The number of aryl methyl sites for hydroxylation is 1. The molecule has 2 aromatic heterocycles. The number of methoxy groups -OCH3 is 2. The molecule has 3 heterocycles. The fraction of sp³-hybridized carbons (Fsp3) is 0.435. The van der Waals surface area contributed by atoms with E-state index < -0.39 is 11.7 Å². The maximum Gasteiger partial charge on any atom is 0.416 e. The largest absolute Gasteiger partial charge is 0.480 e. The second-order valence-corrected chi connectivity index (χ2v) is 9.08. The molecule has 0 aliphatic carbocycles. The number of halogens is 3. The third-order valence-electron chi connectivity index (χ3n) is 5.81. The summed E-state index contributed by atoms with van der Waals surface area (Å²) in [6.45, 7) is 4.99. The van der Waals surface area contributed by atoms with Crippen LogP contribution >= 0.6 is 11.3 Å². The van der Waals surface area contributed by atoms with Crippen LogP contribution in [0.4, 0.5) is 13.2 Å². The van der Waals surface area contributed by atoms with Gasteiger partial charge in [-0.15, -0.1) is 11.3 Å². The van der Waals surface area contributed by atoms with Crippen LogP contribution in [0, 0.1) is 6.92 Å². The summed E-state index contributed by atoms with van der Waals surface area (Å²) in [7, 11) is 3.10. The van der Waals surface area contributed by atoms with Crippen molar-refractivity contribution >= 4 is 27.5 Å². The van der Waals surface area contributed by atoms with Crippen LogP contribution in [0.15, 0.2) is 24.3 Å². The van der Waals surface area contributed by atoms with Crippen molar-refractivity contribution in [1.82, 2.24) is 19.8 Å². The fourth-order valence-electron chi connectivity index (χ4n) is 4.00. The first-order chi connectivity index (χ1) is 16.2. The Kier molecular flexibility index (Phi) is 7.06. The van der Waals surface area contributed by atoms with E-state index >= 15 is 0 Å². The van der Waals surface area contributed by atoms with Crippen molar-refractivity contribution < 1.29 is 27.4 Å². The highest BCUT2D eigenvalue weighted by atomic mass is 32.1. The third-order valence-corrected chi connectivity index (χ3v) is 6.98. The first-order valence-electron chi connectivity index (χ1n) is 10.7. The van der Waals surface area contributed by atoms with E-state index in [-0.39, 0.29) is 12.5 Å². The Bertz CT molecular complexity index is 1170. The fourth-order valence-corrected chi connectivity index (χ4v) is 5.16. The van der Waals surface area contributed by atoms with E-state index in [0.717, 1.165) is 28.6 Å². The van der Waals surface area contributed by atoms with Crippen molar-refractivity contribution in [3.05, 3.63) is 51.7 Å². The number of benzene rings is 1. The minimum Gasteiger partial charge on any atom is -0.480 e. The molecule has 0 atom stereocenters. The number of aromatic nitrogens is 2. The summed E-state index contributed by atoms with van der Waals surface area (Å²) in [6.07, 6.45) is -4.34. The van der Waals surface area contributed by atoms with Gasteiger partial charge < -0.3 is 14.4 Å². The van der Waals surface area contributed by atoms with E-state index in [1.54, 1.807) is 12.0 Å². The van der Waals surface area contributed by atoms with E-state index in [1.165, 1.54) is 30.6 Å². The molecule has 1 fully saturated rings. The molecule has 11 heteroatoms. The molecule has 3 aromatic rings. The number of thiophene rings is 1. The number of ether oxygens (including phenoxy) is 2. The van der Waals surface area contributed by atoms with Crippen LogP contribution in [0.1, 0.15) is 32.2 Å². The van der Waals surface area contributed by atoms with Crippen molar-refractivity contribution in [1.29, 1.82) is 0 Å². The zero-order valence-corrected chi connectivity index (χ0v) is 19.9. The van der Waals surface area contributed by atoms with Gasteiger partial charge in [0.25, 0.3) is 5.91 Å². The SMILES string of the molecule is COCc1nc(OC)c2c(C)c(C(=O)N3CCN(Cc4ccc(C(F)(F)F)cc4)CC3)sc2n1. The number of rotatable bonds is 6. The van der Waals surface area contributed by atoms with E-state index in [1.807, 2.05) is 6.92 Å². The Morgan fingerprint density at radius 1 is 1.09 bits per heavy atom. The van der Waals surface area contributed by atoms with Crippen molar-refractivity contribution in [3.63, 3.8) is 0 Å². The molecule has 34 heavy (non-hydrogen) atoms. The Morgan fingerprint density at radius 2 is 1.76 bits per heavy atom. The van der Waals surface area contributed by atoms with Crippen LogP contribution < -0.4 is 4.74 Å². The van der Waals surface area contributed by atoms with E-state index in [4.69, 9.17) is 9.47 Å². The minimum atomic E-state index is -4.34. The highest BCUT2D eigenvalue weighted by molar-refractivity contribution is 7.20. The van der Waals surface area contributed by atoms with E-state index in [2.05, 4.69) is 14.9 Å². The molecule has 0 saturated carbocycles. The molecule has 1 aliphatic rings. The lowest BCUT2D eigenvalue weighted by molar-refractivity contribution is -0.137. The second-order valence-electron chi connectivity index (χ2n) is 8.08. The first kappa shape index (κ1) is 24.4. The number of carbonyl (C=O) groups is 1. The number of nitrogens with zero attached hydrogens (tertiary/aromatic N) is 4. The highest BCUT2D eigenvalue weighted by Gasteiger charge is 2.30. The molecule has 182 valence electrons. The van der Waals surface area contributed by atoms with Crippen LogP contribution in [0.5, 0.6) is 5.88 Å². The van der Waals surface area contributed by atoms with Crippen molar-refractivity contribution in [2.24, 2.45) is 0 Å². The summed E-state index contributed by atoms with van der Waals surface area (Å²) >= 11 is 1.32. The van der Waals surface area contributed by atoms with Crippen LogP contribution in [-0.2, 0) is 24.1 Å². The van der Waals surface area contributed by atoms with Gasteiger partial charge in [-0.2, -0.15) is 18.2 Å². The Hall–Kier alpha value is -2.76. The van der Waals surface area contributed by atoms with Crippen LogP contribution in [-0.4, -0.2) is 66.1 Å². The molecule has 1 saturated heterocycles. The summed E-state index contributed by atoms with van der Waals surface area (Å²) in [4.78, 5) is 27.4. The van der Waals surface area contributed by atoms with Gasteiger partial charge in [-0.1, -0.05) is 12.1 Å². The van der Waals surface area contributed by atoms with Gasteiger partial charge in [0.1, 0.15) is 11.4 Å². The van der Waals surface area contributed by atoms with Gasteiger partial charge in [-0.05, 0) is 30.2 Å². The van der Waals surface area contributed by atoms with Gasteiger partial charge >= 0.3 is 6.18 Å². The molecular weight excluding hydrogens is 469 g/mol. The van der Waals surface area contributed by atoms with E-state index in [9.17, 15) is 18.0 Å². The molecule has 1 amide bonds. The van der Waals surface area contributed by atoms with Gasteiger partial charge in [-0.3, -0.25) is 9.69 Å². The lowest BCUT2D eigenvalue weighted by Crippen LogP contribution is -2.48. The molecule has 7 nitrogen and oxygen atoms in total. The van der Waals surface area contributed by atoms with Gasteiger partial charge in [-0.25, -0.2) is 4.98 Å².